The summed E-state index contributed by atoms with van der Waals surface area (Å²) in [5.74, 6) is -0.815. The molecule has 1 atom stereocenters. The number of aryl methyl sites for hydroxylation is 2. The van der Waals surface area contributed by atoms with Gasteiger partial charge in [-0.2, -0.15) is 0 Å². The van der Waals surface area contributed by atoms with Gasteiger partial charge in [0.25, 0.3) is 0 Å². The predicted molar refractivity (Wildman–Crippen MR) is 69.0 cm³/mol. The van der Waals surface area contributed by atoms with Crippen molar-refractivity contribution in [3.8, 4) is 5.88 Å². The first-order chi connectivity index (χ1) is 9.08. The van der Waals surface area contributed by atoms with Gasteiger partial charge < -0.3 is 9.84 Å². The standard InChI is InChI=1S/C14H14N2O3/c1-9-8-15-10(2)13(16-9)19-12(14(17)18)11-6-4-3-5-7-11/h3-8,12H,1-2H3,(H,17,18). The highest BCUT2D eigenvalue weighted by molar-refractivity contribution is 5.74. The van der Waals surface area contributed by atoms with Crippen LogP contribution in [-0.2, 0) is 4.79 Å². The molecule has 5 nitrogen and oxygen atoms in total. The maximum atomic E-state index is 11.3. The van der Waals surface area contributed by atoms with E-state index in [4.69, 9.17) is 4.74 Å². The Labute approximate surface area is 110 Å². The SMILES string of the molecule is Cc1cnc(C)c(OC(C(=O)O)c2ccccc2)n1. The van der Waals surface area contributed by atoms with E-state index in [0.717, 1.165) is 0 Å². The van der Waals surface area contributed by atoms with Crippen LogP contribution in [0, 0.1) is 13.8 Å². The molecule has 1 N–H and O–H groups in total. The summed E-state index contributed by atoms with van der Waals surface area (Å²) in [6.07, 6.45) is 0.525. The maximum absolute atomic E-state index is 11.3. The minimum atomic E-state index is -1.09. The van der Waals surface area contributed by atoms with Gasteiger partial charge in [-0.15, -0.1) is 0 Å². The van der Waals surface area contributed by atoms with E-state index >= 15 is 0 Å². The van der Waals surface area contributed by atoms with E-state index in [-0.39, 0.29) is 5.88 Å². The topological polar surface area (TPSA) is 72.3 Å². The molecule has 0 aliphatic rings. The fourth-order valence-corrected chi connectivity index (χ4v) is 1.63. The molecule has 0 bridgehead atoms. The van der Waals surface area contributed by atoms with Crippen molar-refractivity contribution >= 4 is 5.97 Å². The molecule has 2 rings (SSSR count). The second-order valence-corrected chi connectivity index (χ2v) is 4.15. The van der Waals surface area contributed by atoms with Crippen molar-refractivity contribution < 1.29 is 14.6 Å². The van der Waals surface area contributed by atoms with Crippen molar-refractivity contribution in [2.75, 3.05) is 0 Å². The minimum Gasteiger partial charge on any atom is -0.478 e. The molecule has 0 saturated carbocycles. The van der Waals surface area contributed by atoms with Crippen molar-refractivity contribution in [2.45, 2.75) is 20.0 Å². The third-order valence-electron chi connectivity index (χ3n) is 2.59. The molecule has 0 spiro atoms. The average Bonchev–Trinajstić information content (AvgIpc) is 2.40. The number of hydrogen-bond donors (Lipinski definition) is 1. The van der Waals surface area contributed by atoms with Crippen LogP contribution in [0.3, 0.4) is 0 Å². The number of carbonyl (C=O) groups is 1. The zero-order chi connectivity index (χ0) is 13.8. The lowest BCUT2D eigenvalue weighted by Crippen LogP contribution is -2.19. The molecule has 5 heteroatoms. The van der Waals surface area contributed by atoms with Gasteiger partial charge in [-0.1, -0.05) is 30.3 Å². The van der Waals surface area contributed by atoms with Crippen LogP contribution < -0.4 is 4.74 Å². The average molecular weight is 258 g/mol. The van der Waals surface area contributed by atoms with Crippen molar-refractivity contribution in [1.29, 1.82) is 0 Å². The summed E-state index contributed by atoms with van der Waals surface area (Å²) in [6.45, 7) is 3.50. The second kappa shape index (κ2) is 5.48. The van der Waals surface area contributed by atoms with E-state index in [1.807, 2.05) is 6.07 Å². The molecule has 98 valence electrons. The largest absolute Gasteiger partial charge is 0.478 e. The van der Waals surface area contributed by atoms with E-state index in [9.17, 15) is 9.90 Å². The van der Waals surface area contributed by atoms with Gasteiger partial charge >= 0.3 is 5.97 Å². The number of carboxylic acid groups (broad SMARTS) is 1. The van der Waals surface area contributed by atoms with Crippen LogP contribution in [0.25, 0.3) is 0 Å². The quantitative estimate of drug-likeness (QED) is 0.911. The fraction of sp³-hybridized carbons (Fsp3) is 0.214. The smallest absolute Gasteiger partial charge is 0.349 e. The van der Waals surface area contributed by atoms with Gasteiger partial charge in [0.05, 0.1) is 11.4 Å². The number of benzene rings is 1. The third kappa shape index (κ3) is 3.07. The zero-order valence-electron chi connectivity index (χ0n) is 10.7. The van der Waals surface area contributed by atoms with Gasteiger partial charge in [0.15, 0.2) is 0 Å². The summed E-state index contributed by atoms with van der Waals surface area (Å²) in [5.41, 5.74) is 1.81. The van der Waals surface area contributed by atoms with E-state index in [2.05, 4.69) is 9.97 Å². The van der Waals surface area contributed by atoms with Gasteiger partial charge in [-0.25, -0.2) is 9.78 Å². The summed E-state index contributed by atoms with van der Waals surface area (Å²) >= 11 is 0. The molecule has 0 aliphatic heterocycles. The number of aromatic nitrogens is 2. The Balaban J connectivity index is 2.32. The molecule has 1 aromatic heterocycles. The van der Waals surface area contributed by atoms with E-state index in [1.54, 1.807) is 44.3 Å². The minimum absolute atomic E-state index is 0.247. The van der Waals surface area contributed by atoms with Crippen molar-refractivity contribution in [1.82, 2.24) is 9.97 Å². The van der Waals surface area contributed by atoms with Crippen LogP contribution in [0.5, 0.6) is 5.88 Å². The summed E-state index contributed by atoms with van der Waals surface area (Å²) < 4.78 is 5.50. The van der Waals surface area contributed by atoms with Crippen LogP contribution >= 0.6 is 0 Å². The number of carboxylic acids is 1. The molecule has 0 radical (unpaired) electrons. The number of ether oxygens (including phenoxy) is 1. The number of aliphatic carboxylic acids is 1. The Kier molecular flexibility index (Phi) is 3.75. The monoisotopic (exact) mass is 258 g/mol. The lowest BCUT2D eigenvalue weighted by atomic mass is 10.1. The highest BCUT2D eigenvalue weighted by Gasteiger charge is 2.23. The Bertz CT molecular complexity index is 584. The highest BCUT2D eigenvalue weighted by Crippen LogP contribution is 2.22. The van der Waals surface area contributed by atoms with Gasteiger partial charge in [0, 0.05) is 11.8 Å². The Morgan fingerprint density at radius 1 is 1.26 bits per heavy atom. The summed E-state index contributed by atoms with van der Waals surface area (Å²) in [7, 11) is 0. The lowest BCUT2D eigenvalue weighted by molar-refractivity contribution is -0.145. The van der Waals surface area contributed by atoms with Crippen molar-refractivity contribution in [3.05, 3.63) is 53.5 Å². The number of hydrogen-bond acceptors (Lipinski definition) is 4. The molecule has 1 unspecified atom stereocenters. The third-order valence-corrected chi connectivity index (χ3v) is 2.59. The van der Waals surface area contributed by atoms with Gasteiger partial charge in [0.2, 0.25) is 12.0 Å². The molecular formula is C14H14N2O3. The summed E-state index contributed by atoms with van der Waals surface area (Å²) in [5, 5.41) is 9.28. The molecule has 1 heterocycles. The van der Waals surface area contributed by atoms with Gasteiger partial charge in [-0.3, -0.25) is 4.98 Å². The fourth-order valence-electron chi connectivity index (χ4n) is 1.63. The molecule has 2 aromatic rings. The van der Waals surface area contributed by atoms with Crippen LogP contribution in [-0.4, -0.2) is 21.0 Å². The Hall–Kier alpha value is -2.43. The molecule has 0 fully saturated rings. The number of rotatable bonds is 4. The van der Waals surface area contributed by atoms with Gasteiger partial charge in [-0.05, 0) is 13.8 Å². The molecule has 0 amide bonds. The maximum Gasteiger partial charge on any atom is 0.349 e. The van der Waals surface area contributed by atoms with Crippen LogP contribution in [0.15, 0.2) is 36.5 Å². The highest BCUT2D eigenvalue weighted by atomic mass is 16.5. The van der Waals surface area contributed by atoms with Crippen LogP contribution in [0.4, 0.5) is 0 Å². The van der Waals surface area contributed by atoms with E-state index in [1.165, 1.54) is 0 Å². The van der Waals surface area contributed by atoms with Crippen molar-refractivity contribution in [2.24, 2.45) is 0 Å². The van der Waals surface area contributed by atoms with Crippen molar-refractivity contribution in [3.63, 3.8) is 0 Å². The molecule has 0 saturated heterocycles. The molecular weight excluding hydrogens is 244 g/mol. The molecule has 1 aromatic carbocycles. The molecule has 19 heavy (non-hydrogen) atoms. The number of nitrogens with zero attached hydrogens (tertiary/aromatic N) is 2. The zero-order valence-corrected chi connectivity index (χ0v) is 10.7. The van der Waals surface area contributed by atoms with Crippen LogP contribution in [0.2, 0.25) is 0 Å². The van der Waals surface area contributed by atoms with Gasteiger partial charge in [0.1, 0.15) is 0 Å². The Morgan fingerprint density at radius 3 is 2.58 bits per heavy atom. The first-order valence-electron chi connectivity index (χ1n) is 5.82. The Morgan fingerprint density at radius 2 is 1.95 bits per heavy atom. The normalized spacial score (nSPS) is 11.9. The summed E-state index contributed by atoms with van der Waals surface area (Å²) in [4.78, 5) is 19.6. The molecule has 0 aliphatic carbocycles. The lowest BCUT2D eigenvalue weighted by Gasteiger charge is -2.15. The van der Waals surface area contributed by atoms with Crippen LogP contribution in [0.1, 0.15) is 23.1 Å². The van der Waals surface area contributed by atoms with E-state index in [0.29, 0.717) is 17.0 Å². The first-order valence-corrected chi connectivity index (χ1v) is 5.82. The predicted octanol–water partition coefficient (Wildman–Crippen LogP) is 2.30. The van der Waals surface area contributed by atoms with E-state index < -0.39 is 12.1 Å². The first kappa shape index (κ1) is 13.0. The summed E-state index contributed by atoms with van der Waals surface area (Å²) in [6, 6.07) is 8.77. The second-order valence-electron chi connectivity index (χ2n) is 4.15.